The maximum atomic E-state index is 12.9. The summed E-state index contributed by atoms with van der Waals surface area (Å²) in [7, 11) is 1.49. The number of carbonyl (C=O) groups is 2. The summed E-state index contributed by atoms with van der Waals surface area (Å²) < 4.78 is 6.00. The summed E-state index contributed by atoms with van der Waals surface area (Å²) in [6.45, 7) is 0. The van der Waals surface area contributed by atoms with Crippen molar-refractivity contribution >= 4 is 44.9 Å². The van der Waals surface area contributed by atoms with Crippen molar-refractivity contribution in [3.63, 3.8) is 0 Å². The van der Waals surface area contributed by atoms with Gasteiger partial charge in [-0.2, -0.15) is 0 Å². The average Bonchev–Trinajstić information content (AvgIpc) is 2.69. The zero-order chi connectivity index (χ0) is 19.4. The third kappa shape index (κ3) is 4.38. The van der Waals surface area contributed by atoms with Crippen LogP contribution in [0.1, 0.15) is 26.3 Å². The van der Waals surface area contributed by atoms with Crippen LogP contribution >= 0.6 is 27.5 Å². The topological polar surface area (TPSA) is 55.4 Å². The number of nitrogens with one attached hydrogen (secondary N) is 1. The Bertz CT molecular complexity index is 1010. The molecule has 4 nitrogen and oxygen atoms in total. The van der Waals surface area contributed by atoms with Gasteiger partial charge in [-0.3, -0.25) is 9.59 Å². The predicted molar refractivity (Wildman–Crippen MR) is 110 cm³/mol. The van der Waals surface area contributed by atoms with E-state index >= 15 is 0 Å². The van der Waals surface area contributed by atoms with Gasteiger partial charge >= 0.3 is 0 Å². The number of ether oxygens (including phenoxy) is 1. The number of halogens is 2. The molecule has 0 saturated carbocycles. The minimum atomic E-state index is -0.391. The first kappa shape index (κ1) is 19.1. The van der Waals surface area contributed by atoms with Crippen LogP contribution in [0.4, 0.5) is 5.69 Å². The fourth-order valence-corrected chi connectivity index (χ4v) is 3.14. The monoisotopic (exact) mass is 443 g/mol. The van der Waals surface area contributed by atoms with Gasteiger partial charge in [0.25, 0.3) is 5.91 Å². The SMILES string of the molecule is COc1ccc(Br)cc1C(=O)Nc1ccc(Cl)cc1C(=O)c1ccccc1. The van der Waals surface area contributed by atoms with Gasteiger partial charge in [0.1, 0.15) is 5.75 Å². The van der Waals surface area contributed by atoms with Gasteiger partial charge in [-0.25, -0.2) is 0 Å². The Hall–Kier alpha value is -2.63. The number of benzene rings is 3. The smallest absolute Gasteiger partial charge is 0.259 e. The molecule has 0 bridgehead atoms. The molecule has 0 aliphatic carbocycles. The van der Waals surface area contributed by atoms with Crippen molar-refractivity contribution in [2.45, 2.75) is 0 Å². The number of anilines is 1. The summed E-state index contributed by atoms with van der Waals surface area (Å²) in [5.41, 5.74) is 1.55. The fourth-order valence-electron chi connectivity index (χ4n) is 2.61. The first-order valence-corrected chi connectivity index (χ1v) is 9.21. The molecule has 6 heteroatoms. The van der Waals surface area contributed by atoms with Crippen molar-refractivity contribution in [3.05, 3.63) is 92.9 Å². The van der Waals surface area contributed by atoms with Gasteiger partial charge in [-0.1, -0.05) is 57.9 Å². The molecule has 136 valence electrons. The summed E-state index contributed by atoms with van der Waals surface area (Å²) in [5, 5.41) is 3.20. The maximum Gasteiger partial charge on any atom is 0.259 e. The molecule has 3 aromatic carbocycles. The Kier molecular flexibility index (Phi) is 5.94. The molecule has 27 heavy (non-hydrogen) atoms. The molecule has 0 atom stereocenters. The molecule has 0 aliphatic heterocycles. The zero-order valence-electron chi connectivity index (χ0n) is 14.3. The fraction of sp³-hybridized carbons (Fsp3) is 0.0476. The lowest BCUT2D eigenvalue weighted by Crippen LogP contribution is -2.16. The number of ketones is 1. The lowest BCUT2D eigenvalue weighted by Gasteiger charge is -2.13. The van der Waals surface area contributed by atoms with Crippen molar-refractivity contribution in [1.29, 1.82) is 0 Å². The molecule has 1 amide bonds. The molecule has 0 spiro atoms. The van der Waals surface area contributed by atoms with Crippen molar-refractivity contribution in [2.24, 2.45) is 0 Å². The molecule has 0 radical (unpaired) electrons. The molecule has 3 rings (SSSR count). The van der Waals surface area contributed by atoms with Gasteiger partial charge in [0.05, 0.1) is 18.4 Å². The molecule has 0 aliphatic rings. The number of hydrogen-bond acceptors (Lipinski definition) is 3. The molecular weight excluding hydrogens is 430 g/mol. The van der Waals surface area contributed by atoms with Crippen LogP contribution in [-0.2, 0) is 0 Å². The van der Waals surface area contributed by atoms with Gasteiger partial charge in [-0.15, -0.1) is 0 Å². The van der Waals surface area contributed by atoms with Gasteiger partial charge in [0.15, 0.2) is 5.78 Å². The van der Waals surface area contributed by atoms with E-state index in [0.29, 0.717) is 33.1 Å². The third-order valence-corrected chi connectivity index (χ3v) is 4.64. The number of rotatable bonds is 5. The van der Waals surface area contributed by atoms with E-state index in [1.54, 1.807) is 60.7 Å². The third-order valence-electron chi connectivity index (χ3n) is 3.92. The minimum Gasteiger partial charge on any atom is -0.496 e. The summed E-state index contributed by atoms with van der Waals surface area (Å²) in [6.07, 6.45) is 0. The van der Waals surface area contributed by atoms with Crippen LogP contribution in [0.15, 0.2) is 71.2 Å². The van der Waals surface area contributed by atoms with Crippen LogP contribution in [0.2, 0.25) is 5.02 Å². The highest BCUT2D eigenvalue weighted by Gasteiger charge is 2.18. The van der Waals surface area contributed by atoms with Crippen LogP contribution in [0.3, 0.4) is 0 Å². The zero-order valence-corrected chi connectivity index (χ0v) is 16.7. The van der Waals surface area contributed by atoms with Gasteiger partial charge in [-0.05, 0) is 36.4 Å². The van der Waals surface area contributed by atoms with E-state index in [1.807, 2.05) is 6.07 Å². The molecule has 0 unspecified atom stereocenters. The summed E-state index contributed by atoms with van der Waals surface area (Å²) >= 11 is 9.43. The first-order valence-electron chi connectivity index (χ1n) is 8.04. The lowest BCUT2D eigenvalue weighted by molar-refractivity contribution is 0.102. The largest absolute Gasteiger partial charge is 0.496 e. The van der Waals surface area contributed by atoms with E-state index in [0.717, 1.165) is 4.47 Å². The Morgan fingerprint density at radius 3 is 2.41 bits per heavy atom. The molecule has 0 fully saturated rings. The predicted octanol–water partition coefficient (Wildman–Crippen LogP) is 5.59. The molecule has 3 aromatic rings. The van der Waals surface area contributed by atoms with Gasteiger partial charge in [0.2, 0.25) is 0 Å². The van der Waals surface area contributed by atoms with Gasteiger partial charge < -0.3 is 10.1 Å². The quantitative estimate of drug-likeness (QED) is 0.522. The second-order valence-corrected chi connectivity index (χ2v) is 7.04. The van der Waals surface area contributed by atoms with Crippen molar-refractivity contribution in [1.82, 2.24) is 0 Å². The van der Waals surface area contributed by atoms with Crippen LogP contribution in [-0.4, -0.2) is 18.8 Å². The van der Waals surface area contributed by atoms with E-state index in [4.69, 9.17) is 16.3 Å². The Balaban J connectivity index is 1.97. The first-order chi connectivity index (χ1) is 13.0. The Morgan fingerprint density at radius 2 is 1.70 bits per heavy atom. The highest BCUT2D eigenvalue weighted by atomic mass is 79.9. The number of carbonyl (C=O) groups excluding carboxylic acids is 2. The molecular formula is C21H15BrClNO3. The standard InChI is InChI=1S/C21H15BrClNO3/c1-27-19-10-7-14(22)11-17(19)21(26)24-18-9-8-15(23)12-16(18)20(25)13-5-3-2-4-6-13/h2-12H,1H3,(H,24,26). The van der Waals surface area contributed by atoms with Crippen molar-refractivity contribution in [2.75, 3.05) is 12.4 Å². The van der Waals surface area contributed by atoms with Crippen LogP contribution in [0, 0.1) is 0 Å². The molecule has 0 heterocycles. The second kappa shape index (κ2) is 8.37. The highest BCUT2D eigenvalue weighted by Crippen LogP contribution is 2.27. The summed E-state index contributed by atoms with van der Waals surface area (Å²) in [4.78, 5) is 25.7. The number of hydrogen-bond donors (Lipinski definition) is 1. The van der Waals surface area contributed by atoms with E-state index < -0.39 is 5.91 Å². The summed E-state index contributed by atoms with van der Waals surface area (Å²) in [6, 6.07) is 18.7. The Morgan fingerprint density at radius 1 is 0.963 bits per heavy atom. The lowest BCUT2D eigenvalue weighted by atomic mass is 10.0. The van der Waals surface area contributed by atoms with E-state index in [1.165, 1.54) is 7.11 Å². The average molecular weight is 445 g/mol. The van der Waals surface area contributed by atoms with E-state index in [9.17, 15) is 9.59 Å². The normalized spacial score (nSPS) is 10.3. The van der Waals surface area contributed by atoms with Crippen molar-refractivity contribution < 1.29 is 14.3 Å². The molecule has 1 N–H and O–H groups in total. The van der Waals surface area contributed by atoms with Gasteiger partial charge in [0, 0.05) is 20.6 Å². The number of amides is 1. The summed E-state index contributed by atoms with van der Waals surface area (Å²) in [5.74, 6) is -0.187. The van der Waals surface area contributed by atoms with Crippen LogP contribution in [0.5, 0.6) is 5.75 Å². The van der Waals surface area contributed by atoms with E-state index in [2.05, 4.69) is 21.2 Å². The maximum absolute atomic E-state index is 12.9. The van der Waals surface area contributed by atoms with Crippen LogP contribution < -0.4 is 10.1 Å². The van der Waals surface area contributed by atoms with E-state index in [-0.39, 0.29) is 5.78 Å². The Labute approximate surface area is 170 Å². The molecule has 0 saturated heterocycles. The molecule has 0 aromatic heterocycles. The van der Waals surface area contributed by atoms with Crippen molar-refractivity contribution in [3.8, 4) is 5.75 Å². The second-order valence-electron chi connectivity index (χ2n) is 5.68. The minimum absolute atomic E-state index is 0.227. The van der Waals surface area contributed by atoms with Crippen LogP contribution in [0.25, 0.3) is 0 Å². The number of methoxy groups -OCH3 is 1. The highest BCUT2D eigenvalue weighted by molar-refractivity contribution is 9.10.